The molecule has 0 unspecified atom stereocenters. The van der Waals surface area contributed by atoms with Crippen molar-refractivity contribution in [2.45, 2.75) is 204 Å². The van der Waals surface area contributed by atoms with Crippen molar-refractivity contribution in [1.82, 2.24) is 0 Å². The van der Waals surface area contributed by atoms with E-state index < -0.39 is 109 Å². The monoisotopic (exact) mass is 891 g/mol. The summed E-state index contributed by atoms with van der Waals surface area (Å²) in [5.41, 5.74) is 0.0234. The highest BCUT2D eigenvalue weighted by Crippen LogP contribution is 2.48. The minimum atomic E-state index is -1.87. The number of fused-ring (bicyclic) bond motifs is 2. The largest absolute Gasteiger partial charge is 0.462 e. The number of carbonyl (C=O) groups is 1. The molecule has 6 heterocycles. The lowest BCUT2D eigenvalue weighted by atomic mass is 9.71. The summed E-state index contributed by atoms with van der Waals surface area (Å²) in [7, 11) is 3.20. The van der Waals surface area contributed by atoms with Gasteiger partial charge in [-0.15, -0.1) is 0 Å². The number of hydrogen-bond acceptors (Lipinski definition) is 15. The summed E-state index contributed by atoms with van der Waals surface area (Å²) in [6.45, 7) is 15.7. The molecule has 15 nitrogen and oxygen atoms in total. The van der Waals surface area contributed by atoms with Crippen LogP contribution in [0.2, 0.25) is 0 Å². The van der Waals surface area contributed by atoms with Gasteiger partial charge in [0.05, 0.1) is 55.4 Å². The number of rotatable bonds is 8. The van der Waals surface area contributed by atoms with Gasteiger partial charge in [-0.05, 0) is 56.8 Å². The summed E-state index contributed by atoms with van der Waals surface area (Å²) in [6.07, 6.45) is 3.00. The molecule has 21 atom stereocenters. The molecule has 7 rings (SSSR count). The van der Waals surface area contributed by atoms with Gasteiger partial charge < -0.3 is 67.8 Å². The number of methoxy groups -OCH3 is 2. The van der Waals surface area contributed by atoms with Crippen molar-refractivity contribution in [3.05, 3.63) is 47.1 Å². The van der Waals surface area contributed by atoms with Gasteiger partial charge in [0.25, 0.3) is 0 Å². The molecule has 1 spiro atoms. The number of esters is 1. The van der Waals surface area contributed by atoms with Crippen molar-refractivity contribution in [1.29, 1.82) is 0 Å². The van der Waals surface area contributed by atoms with E-state index in [4.69, 9.17) is 47.4 Å². The van der Waals surface area contributed by atoms with Crippen molar-refractivity contribution in [2.75, 3.05) is 20.8 Å². The van der Waals surface area contributed by atoms with E-state index in [0.717, 1.165) is 12.0 Å². The topological polar surface area (TPSA) is 190 Å². The Morgan fingerprint density at radius 2 is 1.59 bits per heavy atom. The third kappa shape index (κ3) is 9.98. The number of hydrogen-bond donors (Lipinski definition) is 4. The van der Waals surface area contributed by atoms with Gasteiger partial charge in [-0.3, -0.25) is 4.79 Å². The van der Waals surface area contributed by atoms with E-state index in [1.54, 1.807) is 40.2 Å². The molecule has 5 saturated heterocycles. The van der Waals surface area contributed by atoms with Gasteiger partial charge in [0.2, 0.25) is 0 Å². The zero-order chi connectivity index (χ0) is 45.5. The summed E-state index contributed by atoms with van der Waals surface area (Å²) < 4.78 is 63.6. The van der Waals surface area contributed by atoms with Crippen LogP contribution in [-0.4, -0.2) is 151 Å². The number of aliphatic hydroxyl groups is 4. The lowest BCUT2D eigenvalue weighted by Gasteiger charge is -2.52. The van der Waals surface area contributed by atoms with Crippen LogP contribution in [0, 0.1) is 23.7 Å². The summed E-state index contributed by atoms with van der Waals surface area (Å²) in [5, 5.41) is 45.7. The number of carbonyl (C=O) groups excluding carboxylic acids is 1. The second-order valence-electron chi connectivity index (χ2n) is 19.5. The third-order valence-corrected chi connectivity index (χ3v) is 15.0. The van der Waals surface area contributed by atoms with Crippen molar-refractivity contribution in [3.63, 3.8) is 0 Å². The van der Waals surface area contributed by atoms with Crippen LogP contribution in [0.3, 0.4) is 0 Å². The second kappa shape index (κ2) is 20.0. The third-order valence-electron chi connectivity index (χ3n) is 15.0. The molecule has 0 aromatic heterocycles. The highest BCUT2D eigenvalue weighted by molar-refractivity contribution is 5.78. The molecule has 0 aromatic rings. The maximum Gasteiger partial charge on any atom is 0.316 e. The first kappa shape index (κ1) is 48.8. The molecule has 15 heteroatoms. The predicted octanol–water partition coefficient (Wildman–Crippen LogP) is 4.57. The maximum atomic E-state index is 14.4. The molecular weight excluding hydrogens is 817 g/mol. The lowest BCUT2D eigenvalue weighted by molar-refractivity contribution is -0.354. The van der Waals surface area contributed by atoms with Gasteiger partial charge in [0.15, 0.2) is 18.4 Å². The van der Waals surface area contributed by atoms with Crippen LogP contribution in [0.25, 0.3) is 0 Å². The quantitative estimate of drug-likeness (QED) is 0.196. The summed E-state index contributed by atoms with van der Waals surface area (Å²) in [5.74, 6) is -3.19. The van der Waals surface area contributed by atoms with E-state index in [1.807, 2.05) is 39.8 Å². The Morgan fingerprint density at radius 3 is 2.30 bits per heavy atom. The van der Waals surface area contributed by atoms with Crippen LogP contribution in [0.1, 0.15) is 100 Å². The molecule has 0 aromatic carbocycles. The molecule has 2 bridgehead atoms. The van der Waals surface area contributed by atoms with E-state index in [0.29, 0.717) is 36.8 Å². The summed E-state index contributed by atoms with van der Waals surface area (Å²) in [6, 6.07) is 0. The van der Waals surface area contributed by atoms with E-state index in [9.17, 15) is 25.2 Å². The average Bonchev–Trinajstić information content (AvgIpc) is 3.59. The average molecular weight is 891 g/mol. The van der Waals surface area contributed by atoms with Gasteiger partial charge >= 0.3 is 5.97 Å². The number of aliphatic hydroxyl groups excluding tert-OH is 3. The molecule has 4 N–H and O–H groups in total. The molecule has 0 amide bonds. The zero-order valence-corrected chi connectivity index (χ0v) is 38.8. The van der Waals surface area contributed by atoms with Crippen molar-refractivity contribution in [2.24, 2.45) is 23.7 Å². The first-order valence-electron chi connectivity index (χ1n) is 23.3. The Bertz CT molecular complexity index is 1710. The molecule has 356 valence electrons. The van der Waals surface area contributed by atoms with Crippen molar-refractivity contribution >= 4 is 5.97 Å². The summed E-state index contributed by atoms with van der Waals surface area (Å²) >= 11 is 0. The first-order valence-corrected chi connectivity index (χ1v) is 23.3. The van der Waals surface area contributed by atoms with Crippen LogP contribution in [-0.2, 0) is 52.2 Å². The highest BCUT2D eigenvalue weighted by atomic mass is 16.7. The van der Waals surface area contributed by atoms with Gasteiger partial charge in [0, 0.05) is 58.2 Å². The van der Waals surface area contributed by atoms with Crippen molar-refractivity contribution < 1.29 is 72.6 Å². The van der Waals surface area contributed by atoms with E-state index >= 15 is 0 Å². The Labute approximate surface area is 373 Å². The van der Waals surface area contributed by atoms with Crippen LogP contribution in [0.5, 0.6) is 0 Å². The molecule has 1 aliphatic carbocycles. The molecule has 7 aliphatic rings. The van der Waals surface area contributed by atoms with Crippen LogP contribution in [0.4, 0.5) is 0 Å². The SMILES string of the molecule is CC[C@H](C)[C@H]1O[C@@]2(C[C@@H]3C[C@@H](C/C=C(\C)[C@H](O[C@H]4C[C@H](OC)[C@@H](O[C@H]5C[C@H](OC)[C@@H](O)[C@H](C)O5)[C@H](C)O4)[C@@H](C)/C=C/C=C4\CO[C@@H]5[C@H](O)C(C)=C[C@@H](C(=O)O3)[C@]45O)O2)C[C@H](O)[C@@H]1C. The Balaban J connectivity index is 1.19. The maximum absolute atomic E-state index is 14.4. The molecule has 0 radical (unpaired) electrons. The van der Waals surface area contributed by atoms with Gasteiger partial charge in [0.1, 0.15) is 42.0 Å². The first-order chi connectivity index (χ1) is 29.9. The van der Waals surface area contributed by atoms with E-state index in [-0.39, 0.29) is 43.3 Å². The fourth-order valence-corrected chi connectivity index (χ4v) is 11.0. The van der Waals surface area contributed by atoms with Gasteiger partial charge in [-0.2, -0.15) is 0 Å². The summed E-state index contributed by atoms with van der Waals surface area (Å²) in [4.78, 5) is 14.4. The predicted molar refractivity (Wildman–Crippen MR) is 229 cm³/mol. The number of allylic oxidation sites excluding steroid dienone is 2. The molecule has 63 heavy (non-hydrogen) atoms. The van der Waals surface area contributed by atoms with E-state index in [2.05, 4.69) is 19.9 Å². The fourth-order valence-electron chi connectivity index (χ4n) is 11.0. The van der Waals surface area contributed by atoms with Crippen LogP contribution < -0.4 is 0 Å². The van der Waals surface area contributed by atoms with E-state index in [1.165, 1.54) is 0 Å². The smallest absolute Gasteiger partial charge is 0.316 e. The fraction of sp³-hybridized carbons (Fsp3) is 0.812. The normalized spacial score (nSPS) is 50.0. The van der Waals surface area contributed by atoms with Crippen LogP contribution in [0.15, 0.2) is 47.1 Å². The Morgan fingerprint density at radius 1 is 0.889 bits per heavy atom. The second-order valence-corrected chi connectivity index (χ2v) is 19.5. The lowest BCUT2D eigenvalue weighted by Crippen LogP contribution is -2.60. The van der Waals surface area contributed by atoms with Gasteiger partial charge in [-0.1, -0.05) is 64.5 Å². The molecule has 6 aliphatic heterocycles. The minimum Gasteiger partial charge on any atom is -0.462 e. The van der Waals surface area contributed by atoms with Gasteiger partial charge in [-0.25, -0.2) is 0 Å². The molecular formula is C48H74O15. The molecule has 0 saturated carbocycles. The van der Waals surface area contributed by atoms with Crippen molar-refractivity contribution in [3.8, 4) is 0 Å². The zero-order valence-electron chi connectivity index (χ0n) is 38.8. The minimum absolute atomic E-state index is 0.0109. The van der Waals surface area contributed by atoms with Crippen LogP contribution >= 0.6 is 0 Å². The standard InChI is InChI=1S/C48H74O15/c1-11-24(2)43-28(6)35(49)22-47(63-43)21-33-18-32(62-47)16-15-26(4)42(25(3)13-12-14-31-23-56-45-40(50)27(5)17-34(46(52)59-33)48(31,45)53)60-39-20-37(55-10)44(30(8)58-39)61-38-19-36(54-9)41(51)29(7)57-38/h12-15,17,24-25,28-30,32-45,49-51,53H,11,16,18-23H2,1-10H3/b13-12+,26-15+,31-14+/t24-,25-,28-,29-,30-,32+,33-,34-,35-,36-,37-,38-,39-,40+,41-,42+,43+,44-,45+,47-,48+/m0/s1. The Kier molecular flexibility index (Phi) is 15.5. The molecule has 5 fully saturated rings. The number of ether oxygens (including phenoxy) is 10. The Hall–Kier alpha value is -2.09. The highest BCUT2D eigenvalue weighted by Gasteiger charge is 2.60.